The van der Waals surface area contributed by atoms with E-state index in [9.17, 15) is 9.18 Å². The average Bonchev–Trinajstić information content (AvgIpc) is 2.62. The number of carbonyl (C=O) groups is 1. The van der Waals surface area contributed by atoms with Crippen molar-refractivity contribution >= 4 is 17.3 Å². The van der Waals surface area contributed by atoms with Crippen LogP contribution in [0.5, 0.6) is 0 Å². The zero-order valence-electron chi connectivity index (χ0n) is 15.4. The SMILES string of the molecule is Cc1cc(C)cc(Nc2cncc(C(=O)NCCc3ccc(F)cc3)c2)c1. The fraction of sp³-hybridized carbons (Fsp3) is 0.182. The smallest absolute Gasteiger partial charge is 0.252 e. The van der Waals surface area contributed by atoms with Gasteiger partial charge in [0.2, 0.25) is 0 Å². The monoisotopic (exact) mass is 363 g/mol. The maximum atomic E-state index is 12.9. The fourth-order valence-corrected chi connectivity index (χ4v) is 2.92. The highest BCUT2D eigenvalue weighted by Crippen LogP contribution is 2.19. The Balaban J connectivity index is 1.60. The van der Waals surface area contributed by atoms with Gasteiger partial charge in [0.1, 0.15) is 5.82 Å². The summed E-state index contributed by atoms with van der Waals surface area (Å²) in [6, 6.07) is 14.2. The third-order valence-corrected chi connectivity index (χ3v) is 4.12. The molecule has 3 rings (SSSR count). The molecule has 27 heavy (non-hydrogen) atoms. The summed E-state index contributed by atoms with van der Waals surface area (Å²) in [5.41, 5.74) is 5.51. The quantitative estimate of drug-likeness (QED) is 0.675. The Hall–Kier alpha value is -3.21. The van der Waals surface area contributed by atoms with Crippen LogP contribution in [0, 0.1) is 19.7 Å². The highest BCUT2D eigenvalue weighted by atomic mass is 19.1. The Labute approximate surface area is 158 Å². The Bertz CT molecular complexity index is 918. The predicted molar refractivity (Wildman–Crippen MR) is 106 cm³/mol. The van der Waals surface area contributed by atoms with Crippen molar-refractivity contribution < 1.29 is 9.18 Å². The Morgan fingerprint density at radius 3 is 2.37 bits per heavy atom. The standard InChI is InChI=1S/C22H22FN3O/c1-15-9-16(2)11-20(10-15)26-21-12-18(13-24-14-21)22(27)25-8-7-17-3-5-19(23)6-4-17/h3-6,9-14,26H,7-8H2,1-2H3,(H,25,27). The summed E-state index contributed by atoms with van der Waals surface area (Å²) in [6.45, 7) is 4.56. The average molecular weight is 363 g/mol. The summed E-state index contributed by atoms with van der Waals surface area (Å²) in [5, 5.41) is 6.16. The molecule has 1 aromatic heterocycles. The molecule has 0 spiro atoms. The third kappa shape index (κ3) is 5.38. The molecular formula is C22H22FN3O. The molecule has 0 unspecified atom stereocenters. The van der Waals surface area contributed by atoms with Crippen LogP contribution >= 0.6 is 0 Å². The van der Waals surface area contributed by atoms with E-state index < -0.39 is 0 Å². The molecule has 138 valence electrons. The number of pyridine rings is 1. The van der Waals surface area contributed by atoms with Gasteiger partial charge in [-0.25, -0.2) is 4.39 Å². The minimum Gasteiger partial charge on any atom is -0.354 e. The summed E-state index contributed by atoms with van der Waals surface area (Å²) in [7, 11) is 0. The molecule has 1 amide bonds. The first kappa shape index (κ1) is 18.6. The van der Waals surface area contributed by atoms with Crippen LogP contribution < -0.4 is 10.6 Å². The van der Waals surface area contributed by atoms with E-state index in [0.717, 1.165) is 16.9 Å². The van der Waals surface area contributed by atoms with Crippen molar-refractivity contribution in [1.82, 2.24) is 10.3 Å². The number of rotatable bonds is 6. The molecule has 1 heterocycles. The van der Waals surface area contributed by atoms with Crippen molar-refractivity contribution in [3.63, 3.8) is 0 Å². The van der Waals surface area contributed by atoms with Gasteiger partial charge in [0.05, 0.1) is 17.4 Å². The van der Waals surface area contributed by atoms with Crippen molar-refractivity contribution in [2.45, 2.75) is 20.3 Å². The number of aromatic nitrogens is 1. The fourth-order valence-electron chi connectivity index (χ4n) is 2.92. The molecule has 0 aliphatic heterocycles. The predicted octanol–water partition coefficient (Wildman–Crippen LogP) is 4.55. The van der Waals surface area contributed by atoms with Gasteiger partial charge < -0.3 is 10.6 Å². The number of amides is 1. The van der Waals surface area contributed by atoms with E-state index in [1.807, 2.05) is 26.0 Å². The second-order valence-corrected chi connectivity index (χ2v) is 6.60. The second kappa shape index (κ2) is 8.45. The third-order valence-electron chi connectivity index (χ3n) is 4.12. The molecular weight excluding hydrogens is 341 g/mol. The van der Waals surface area contributed by atoms with Crippen LogP contribution in [0.3, 0.4) is 0 Å². The van der Waals surface area contributed by atoms with Crippen molar-refractivity contribution in [3.05, 3.63) is 89.0 Å². The van der Waals surface area contributed by atoms with Gasteiger partial charge in [0.25, 0.3) is 5.91 Å². The van der Waals surface area contributed by atoms with Gasteiger partial charge in [-0.2, -0.15) is 0 Å². The largest absolute Gasteiger partial charge is 0.354 e. The Morgan fingerprint density at radius 1 is 0.963 bits per heavy atom. The highest BCUT2D eigenvalue weighted by Gasteiger charge is 2.07. The van der Waals surface area contributed by atoms with Crippen LogP contribution in [0.4, 0.5) is 15.8 Å². The molecule has 2 aromatic carbocycles. The summed E-state index contributed by atoms with van der Waals surface area (Å²) in [5.74, 6) is -0.448. The molecule has 3 aromatic rings. The topological polar surface area (TPSA) is 54.0 Å². The lowest BCUT2D eigenvalue weighted by Gasteiger charge is -2.10. The summed E-state index contributed by atoms with van der Waals surface area (Å²) in [6.07, 6.45) is 3.87. The molecule has 4 nitrogen and oxygen atoms in total. The van der Waals surface area contributed by atoms with Crippen LogP contribution in [-0.4, -0.2) is 17.4 Å². The molecule has 0 bridgehead atoms. The molecule has 0 fully saturated rings. The number of aryl methyl sites for hydroxylation is 2. The first-order valence-corrected chi connectivity index (χ1v) is 8.82. The van der Waals surface area contributed by atoms with Crippen LogP contribution in [0.25, 0.3) is 0 Å². The van der Waals surface area contributed by atoms with Crippen molar-refractivity contribution in [1.29, 1.82) is 0 Å². The number of halogens is 1. The minimum absolute atomic E-state index is 0.186. The number of anilines is 2. The second-order valence-electron chi connectivity index (χ2n) is 6.60. The molecule has 2 N–H and O–H groups in total. The Morgan fingerprint density at radius 2 is 1.67 bits per heavy atom. The minimum atomic E-state index is -0.262. The lowest BCUT2D eigenvalue weighted by molar-refractivity contribution is 0.0954. The lowest BCUT2D eigenvalue weighted by Crippen LogP contribution is -2.25. The van der Waals surface area contributed by atoms with Crippen molar-refractivity contribution in [2.75, 3.05) is 11.9 Å². The first-order chi connectivity index (χ1) is 13.0. The lowest BCUT2D eigenvalue weighted by atomic mass is 10.1. The molecule has 0 aliphatic rings. The van der Waals surface area contributed by atoms with E-state index in [-0.39, 0.29) is 11.7 Å². The molecule has 0 aliphatic carbocycles. The maximum absolute atomic E-state index is 12.9. The van der Waals surface area contributed by atoms with Crippen LogP contribution in [0.15, 0.2) is 60.9 Å². The summed E-state index contributed by atoms with van der Waals surface area (Å²) < 4.78 is 12.9. The number of carbonyl (C=O) groups excluding carboxylic acids is 1. The van der Waals surface area contributed by atoms with Gasteiger partial charge in [0, 0.05) is 18.4 Å². The van der Waals surface area contributed by atoms with Crippen LogP contribution in [0.2, 0.25) is 0 Å². The van der Waals surface area contributed by atoms with Gasteiger partial charge in [0.15, 0.2) is 0 Å². The number of nitrogens with one attached hydrogen (secondary N) is 2. The van der Waals surface area contributed by atoms with E-state index in [2.05, 4.69) is 21.7 Å². The van der Waals surface area contributed by atoms with Crippen molar-refractivity contribution in [3.8, 4) is 0 Å². The van der Waals surface area contributed by atoms with Crippen LogP contribution in [-0.2, 0) is 6.42 Å². The molecule has 0 saturated carbocycles. The number of benzene rings is 2. The molecule has 0 saturated heterocycles. The van der Waals surface area contributed by atoms with Crippen LogP contribution in [0.1, 0.15) is 27.0 Å². The normalized spacial score (nSPS) is 10.5. The Kier molecular flexibility index (Phi) is 5.81. The summed E-state index contributed by atoms with van der Waals surface area (Å²) in [4.78, 5) is 16.5. The van der Waals surface area contributed by atoms with E-state index in [1.54, 1.807) is 30.6 Å². The van der Waals surface area contributed by atoms with E-state index in [4.69, 9.17) is 0 Å². The zero-order chi connectivity index (χ0) is 19.2. The van der Waals surface area contributed by atoms with E-state index >= 15 is 0 Å². The number of hydrogen-bond acceptors (Lipinski definition) is 3. The highest BCUT2D eigenvalue weighted by molar-refractivity contribution is 5.94. The van der Waals surface area contributed by atoms with E-state index in [1.165, 1.54) is 23.3 Å². The van der Waals surface area contributed by atoms with Gasteiger partial charge in [-0.3, -0.25) is 9.78 Å². The summed E-state index contributed by atoms with van der Waals surface area (Å²) >= 11 is 0. The van der Waals surface area contributed by atoms with Gasteiger partial charge >= 0.3 is 0 Å². The number of nitrogens with zero attached hydrogens (tertiary/aromatic N) is 1. The number of hydrogen-bond donors (Lipinski definition) is 2. The van der Waals surface area contributed by atoms with E-state index in [0.29, 0.717) is 18.5 Å². The molecule has 0 atom stereocenters. The maximum Gasteiger partial charge on any atom is 0.252 e. The molecule has 5 heteroatoms. The van der Waals surface area contributed by atoms with Gasteiger partial charge in [-0.05, 0) is 67.3 Å². The van der Waals surface area contributed by atoms with Gasteiger partial charge in [-0.15, -0.1) is 0 Å². The zero-order valence-corrected chi connectivity index (χ0v) is 15.4. The van der Waals surface area contributed by atoms with Crippen molar-refractivity contribution in [2.24, 2.45) is 0 Å². The van der Waals surface area contributed by atoms with Gasteiger partial charge in [-0.1, -0.05) is 18.2 Å². The molecule has 0 radical (unpaired) electrons. The first-order valence-electron chi connectivity index (χ1n) is 8.82.